The molecule has 0 aromatic rings. The van der Waals surface area contributed by atoms with Crippen molar-refractivity contribution in [3.63, 3.8) is 0 Å². The summed E-state index contributed by atoms with van der Waals surface area (Å²) in [5.74, 6) is 0.127. The van der Waals surface area contributed by atoms with Gasteiger partial charge in [0.15, 0.2) is 0 Å². The van der Waals surface area contributed by atoms with Crippen LogP contribution in [-0.4, -0.2) is 42.0 Å². The van der Waals surface area contributed by atoms with Crippen LogP contribution in [0.2, 0.25) is 0 Å². The van der Waals surface area contributed by atoms with Gasteiger partial charge in [0, 0.05) is 16.9 Å². The molecular weight excluding hydrogens is 234 g/mol. The zero-order valence-corrected chi connectivity index (χ0v) is 9.41. The van der Waals surface area contributed by atoms with E-state index in [0.29, 0.717) is 6.54 Å². The maximum Gasteiger partial charge on any atom is 0.137 e. The van der Waals surface area contributed by atoms with Crippen molar-refractivity contribution < 1.29 is 9.90 Å². The fourth-order valence-electron chi connectivity index (χ4n) is 1.48. The van der Waals surface area contributed by atoms with Gasteiger partial charge in [0.25, 0.3) is 0 Å². The van der Waals surface area contributed by atoms with Crippen molar-refractivity contribution >= 4 is 21.7 Å². The number of ketones is 1. The quantitative estimate of drug-likeness (QED) is 0.785. The number of aliphatic hydroxyl groups excluding tert-OH is 1. The third kappa shape index (κ3) is 2.39. The predicted octanol–water partition coefficient (Wildman–Crippen LogP) is 0.777. The van der Waals surface area contributed by atoms with E-state index in [1.165, 1.54) is 0 Å². The maximum absolute atomic E-state index is 11.1. The van der Waals surface area contributed by atoms with Crippen molar-refractivity contribution in [3.05, 3.63) is 10.6 Å². The van der Waals surface area contributed by atoms with Crippen LogP contribution in [0.1, 0.15) is 6.92 Å². The van der Waals surface area contributed by atoms with Crippen molar-refractivity contribution in [2.75, 3.05) is 20.2 Å². The molecule has 0 radical (unpaired) electrons. The molecule has 1 aliphatic heterocycles. The Bertz CT molecular complexity index is 240. The first kappa shape index (κ1) is 10.9. The number of hydrogen-bond acceptors (Lipinski definition) is 3. The maximum atomic E-state index is 11.1. The van der Waals surface area contributed by atoms with Crippen LogP contribution in [0.4, 0.5) is 0 Å². The van der Waals surface area contributed by atoms with E-state index >= 15 is 0 Å². The van der Waals surface area contributed by atoms with Crippen molar-refractivity contribution in [2.24, 2.45) is 5.92 Å². The fraction of sp³-hybridized carbons (Fsp3) is 0.667. The molecular formula is C9H14BrNO2. The molecule has 0 saturated heterocycles. The lowest BCUT2D eigenvalue weighted by Crippen LogP contribution is -2.43. The van der Waals surface area contributed by atoms with E-state index in [1.807, 2.05) is 18.0 Å². The van der Waals surface area contributed by atoms with Crippen LogP contribution < -0.4 is 0 Å². The molecule has 3 nitrogen and oxygen atoms in total. The second-order valence-electron chi connectivity index (χ2n) is 3.41. The van der Waals surface area contributed by atoms with Crippen LogP contribution in [0.25, 0.3) is 0 Å². The van der Waals surface area contributed by atoms with Crippen LogP contribution in [0, 0.1) is 5.92 Å². The third-order valence-corrected chi connectivity index (χ3v) is 3.18. The first-order valence-electron chi connectivity index (χ1n) is 4.25. The normalized spacial score (nSPS) is 30.0. The third-order valence-electron chi connectivity index (χ3n) is 2.39. The highest BCUT2D eigenvalue weighted by Crippen LogP contribution is 2.24. The van der Waals surface area contributed by atoms with Crippen LogP contribution in [0.3, 0.4) is 0 Å². The Morgan fingerprint density at radius 1 is 1.85 bits per heavy atom. The molecule has 0 amide bonds. The summed E-state index contributed by atoms with van der Waals surface area (Å²) in [5, 5.41) is 9.06. The van der Waals surface area contributed by atoms with Gasteiger partial charge in [-0.1, -0.05) is 22.0 Å². The monoisotopic (exact) mass is 247 g/mol. The number of rotatable bonds is 2. The van der Waals surface area contributed by atoms with E-state index in [1.54, 1.807) is 6.92 Å². The predicted molar refractivity (Wildman–Crippen MR) is 54.7 cm³/mol. The minimum absolute atomic E-state index is 0.00981. The Labute approximate surface area is 86.5 Å². The van der Waals surface area contributed by atoms with Gasteiger partial charge in [-0.3, -0.25) is 9.69 Å². The lowest BCUT2D eigenvalue weighted by Gasteiger charge is -2.33. The Morgan fingerprint density at radius 2 is 2.46 bits per heavy atom. The molecule has 0 fully saturated rings. The second-order valence-corrected chi connectivity index (χ2v) is 4.32. The van der Waals surface area contributed by atoms with Crippen molar-refractivity contribution in [1.82, 2.24) is 4.90 Å². The fourth-order valence-corrected chi connectivity index (χ4v) is 2.29. The number of carbonyl (C=O) groups is 1. The summed E-state index contributed by atoms with van der Waals surface area (Å²) in [6.07, 6.45) is 1.89. The average Bonchev–Trinajstić information content (AvgIpc) is 2.03. The summed E-state index contributed by atoms with van der Waals surface area (Å²) in [5.41, 5.74) is 0. The van der Waals surface area contributed by atoms with Gasteiger partial charge in [-0.25, -0.2) is 0 Å². The number of aliphatic hydroxyl groups is 1. The minimum atomic E-state index is -0.0397. The van der Waals surface area contributed by atoms with Crippen LogP contribution >= 0.6 is 15.9 Å². The molecule has 1 heterocycles. The van der Waals surface area contributed by atoms with Crippen LogP contribution in [-0.2, 0) is 4.79 Å². The van der Waals surface area contributed by atoms with E-state index in [0.717, 1.165) is 4.48 Å². The molecule has 4 heteroatoms. The summed E-state index contributed by atoms with van der Waals surface area (Å²) in [7, 11) is 1.91. The van der Waals surface area contributed by atoms with Gasteiger partial charge in [0.05, 0.1) is 12.6 Å². The molecule has 0 bridgehead atoms. The molecule has 13 heavy (non-hydrogen) atoms. The summed E-state index contributed by atoms with van der Waals surface area (Å²) < 4.78 is 0.906. The molecule has 1 aliphatic rings. The highest BCUT2D eigenvalue weighted by atomic mass is 79.9. The smallest absolute Gasteiger partial charge is 0.137 e. The minimum Gasteiger partial charge on any atom is -0.394 e. The number of carbonyl (C=O) groups excluding carboxylic acids is 1. The van der Waals surface area contributed by atoms with Gasteiger partial charge >= 0.3 is 0 Å². The second kappa shape index (κ2) is 4.35. The number of halogens is 1. The van der Waals surface area contributed by atoms with Crippen molar-refractivity contribution in [2.45, 2.75) is 13.0 Å². The molecule has 2 unspecified atom stereocenters. The van der Waals surface area contributed by atoms with Crippen LogP contribution in [0.5, 0.6) is 0 Å². The molecule has 74 valence electrons. The largest absolute Gasteiger partial charge is 0.394 e. The topological polar surface area (TPSA) is 40.5 Å². The van der Waals surface area contributed by atoms with E-state index in [4.69, 9.17) is 5.11 Å². The Kier molecular flexibility index (Phi) is 3.64. The Hall–Kier alpha value is -0.190. The van der Waals surface area contributed by atoms with Gasteiger partial charge in [-0.05, 0) is 14.0 Å². The van der Waals surface area contributed by atoms with Gasteiger partial charge in [0.1, 0.15) is 5.78 Å². The van der Waals surface area contributed by atoms with Gasteiger partial charge in [-0.2, -0.15) is 0 Å². The molecule has 0 aromatic heterocycles. The standard InChI is InChI=1S/C9H14BrNO2/c1-6(13)7-3-8(10)9(5-12)11(2)4-7/h3,7,9,12H,4-5H2,1-2H3. The lowest BCUT2D eigenvalue weighted by atomic mass is 9.98. The molecule has 0 spiro atoms. The first-order valence-corrected chi connectivity index (χ1v) is 5.04. The number of nitrogens with zero attached hydrogens (tertiary/aromatic N) is 1. The van der Waals surface area contributed by atoms with Gasteiger partial charge in [0.2, 0.25) is 0 Å². The molecule has 1 N–H and O–H groups in total. The summed E-state index contributed by atoms with van der Waals surface area (Å²) in [6.45, 7) is 2.36. The Morgan fingerprint density at radius 3 is 2.85 bits per heavy atom. The van der Waals surface area contributed by atoms with Crippen LogP contribution in [0.15, 0.2) is 10.6 Å². The molecule has 0 aliphatic carbocycles. The van der Waals surface area contributed by atoms with Crippen molar-refractivity contribution in [1.29, 1.82) is 0 Å². The highest BCUT2D eigenvalue weighted by Gasteiger charge is 2.27. The molecule has 1 rings (SSSR count). The zero-order chi connectivity index (χ0) is 10.0. The Balaban J connectivity index is 2.81. The van der Waals surface area contributed by atoms with E-state index < -0.39 is 0 Å². The van der Waals surface area contributed by atoms with E-state index in [9.17, 15) is 4.79 Å². The molecule has 0 aromatic carbocycles. The number of Topliss-reactive ketones (excluding diaryl/α,β-unsaturated/α-hetero) is 1. The number of likely N-dealkylation sites (N-methyl/N-ethyl adjacent to an activating group) is 1. The average molecular weight is 248 g/mol. The number of hydrogen-bond donors (Lipinski definition) is 1. The van der Waals surface area contributed by atoms with E-state index in [-0.39, 0.29) is 24.3 Å². The van der Waals surface area contributed by atoms with Gasteiger partial charge in [-0.15, -0.1) is 0 Å². The zero-order valence-electron chi connectivity index (χ0n) is 7.83. The van der Waals surface area contributed by atoms with E-state index in [2.05, 4.69) is 15.9 Å². The summed E-state index contributed by atoms with van der Waals surface area (Å²) >= 11 is 3.37. The summed E-state index contributed by atoms with van der Waals surface area (Å²) in [6, 6.07) is 0.00981. The molecule has 0 saturated carbocycles. The highest BCUT2D eigenvalue weighted by molar-refractivity contribution is 9.11. The summed E-state index contributed by atoms with van der Waals surface area (Å²) in [4.78, 5) is 13.1. The van der Waals surface area contributed by atoms with Gasteiger partial charge < -0.3 is 5.11 Å². The van der Waals surface area contributed by atoms with Crippen molar-refractivity contribution in [3.8, 4) is 0 Å². The SMILES string of the molecule is CC(=O)C1C=C(Br)C(CO)N(C)C1. The molecule has 2 atom stereocenters. The first-order chi connectivity index (χ1) is 6.06. The lowest BCUT2D eigenvalue weighted by molar-refractivity contribution is -0.120.